The Balaban J connectivity index is 1.81. The molecule has 2 aliphatic rings. The summed E-state index contributed by atoms with van der Waals surface area (Å²) >= 11 is 0. The lowest BCUT2D eigenvalue weighted by molar-refractivity contribution is -0.129. The molecule has 0 bridgehead atoms. The summed E-state index contributed by atoms with van der Waals surface area (Å²) in [4.78, 5) is 26.9. The summed E-state index contributed by atoms with van der Waals surface area (Å²) in [7, 11) is 3.11. The van der Waals surface area contributed by atoms with Crippen molar-refractivity contribution in [3.05, 3.63) is 23.3 Å². The Morgan fingerprint density at radius 2 is 2.04 bits per heavy atom. The van der Waals surface area contributed by atoms with Crippen LogP contribution in [0.3, 0.4) is 0 Å². The molecule has 0 aliphatic carbocycles. The standard InChI is InChI=1S/C16H21N3O5/c1-23-12-3-4-13(24-2)15-10(12)7-18(8-11(15)20)9-14(21)19-6-5-17-16(19)22/h3-4,11,20H,5-9H2,1-2H3,(H,17,22)/t11-/m1/s1. The van der Waals surface area contributed by atoms with E-state index in [1.165, 1.54) is 4.90 Å². The minimum atomic E-state index is -0.793. The zero-order valence-corrected chi connectivity index (χ0v) is 13.7. The number of urea groups is 1. The van der Waals surface area contributed by atoms with Gasteiger partial charge >= 0.3 is 6.03 Å². The lowest BCUT2D eigenvalue weighted by Gasteiger charge is -2.34. The van der Waals surface area contributed by atoms with Gasteiger partial charge in [0.15, 0.2) is 0 Å². The van der Waals surface area contributed by atoms with Gasteiger partial charge in [0, 0.05) is 37.3 Å². The molecule has 8 nitrogen and oxygen atoms in total. The molecule has 1 aromatic carbocycles. The second kappa shape index (κ2) is 6.66. The largest absolute Gasteiger partial charge is 0.496 e. The predicted molar refractivity (Wildman–Crippen MR) is 84.9 cm³/mol. The van der Waals surface area contributed by atoms with E-state index in [9.17, 15) is 14.7 Å². The zero-order chi connectivity index (χ0) is 17.3. The quantitative estimate of drug-likeness (QED) is 0.811. The van der Waals surface area contributed by atoms with Crippen molar-refractivity contribution >= 4 is 11.9 Å². The average Bonchev–Trinajstić information content (AvgIpc) is 3.00. The maximum atomic E-state index is 12.3. The number of methoxy groups -OCH3 is 2. The van der Waals surface area contributed by atoms with Crippen molar-refractivity contribution in [3.8, 4) is 11.5 Å². The molecular formula is C16H21N3O5. The molecule has 1 fully saturated rings. The molecule has 1 saturated heterocycles. The van der Waals surface area contributed by atoms with Gasteiger partial charge in [-0.2, -0.15) is 0 Å². The predicted octanol–water partition coefficient (Wildman–Crippen LogP) is 0.105. The third-order valence-electron chi connectivity index (χ3n) is 4.38. The van der Waals surface area contributed by atoms with E-state index in [4.69, 9.17) is 9.47 Å². The maximum Gasteiger partial charge on any atom is 0.324 e. The van der Waals surface area contributed by atoms with Gasteiger partial charge in [-0.3, -0.25) is 14.6 Å². The maximum absolute atomic E-state index is 12.3. The van der Waals surface area contributed by atoms with Crippen molar-refractivity contribution in [3.63, 3.8) is 0 Å². The third-order valence-corrected chi connectivity index (χ3v) is 4.38. The number of carbonyl (C=O) groups is 2. The molecule has 3 amide bonds. The lowest BCUT2D eigenvalue weighted by atomic mass is 9.95. The Morgan fingerprint density at radius 1 is 1.33 bits per heavy atom. The number of β-amino-alcohol motifs (C(OH)–C–C–N with tert-alkyl or cyclic N) is 1. The van der Waals surface area contributed by atoms with Gasteiger partial charge in [-0.15, -0.1) is 0 Å². The molecule has 0 saturated carbocycles. The van der Waals surface area contributed by atoms with Gasteiger partial charge in [0.2, 0.25) is 5.91 Å². The molecule has 1 aromatic rings. The Morgan fingerprint density at radius 3 is 2.67 bits per heavy atom. The van der Waals surface area contributed by atoms with E-state index in [1.54, 1.807) is 26.4 Å². The molecule has 3 rings (SSSR count). The normalized spacial score (nSPS) is 20.5. The van der Waals surface area contributed by atoms with Crippen LogP contribution in [0.5, 0.6) is 11.5 Å². The van der Waals surface area contributed by atoms with Crippen molar-refractivity contribution in [2.24, 2.45) is 0 Å². The molecule has 0 spiro atoms. The number of aliphatic hydroxyl groups is 1. The Bertz CT molecular complexity index is 663. The number of ether oxygens (including phenoxy) is 2. The van der Waals surface area contributed by atoms with Gasteiger partial charge in [-0.1, -0.05) is 0 Å². The van der Waals surface area contributed by atoms with Gasteiger partial charge in [0.05, 0.1) is 26.9 Å². The Labute approximate surface area is 139 Å². The van der Waals surface area contributed by atoms with Gasteiger partial charge < -0.3 is 19.9 Å². The van der Waals surface area contributed by atoms with Crippen LogP contribution < -0.4 is 14.8 Å². The van der Waals surface area contributed by atoms with Crippen LogP contribution in [0.25, 0.3) is 0 Å². The third kappa shape index (κ3) is 2.90. The van der Waals surface area contributed by atoms with E-state index in [-0.39, 0.29) is 25.0 Å². The molecule has 8 heteroatoms. The Hall–Kier alpha value is -2.32. The fraction of sp³-hybridized carbons (Fsp3) is 0.500. The summed E-state index contributed by atoms with van der Waals surface area (Å²) in [6.45, 7) is 1.64. The van der Waals surface area contributed by atoms with E-state index in [1.807, 2.05) is 4.90 Å². The molecule has 1 atom stereocenters. The van der Waals surface area contributed by atoms with Crippen molar-refractivity contribution in [1.82, 2.24) is 15.1 Å². The van der Waals surface area contributed by atoms with Gasteiger partial charge in [0.25, 0.3) is 0 Å². The molecule has 0 radical (unpaired) electrons. The molecule has 24 heavy (non-hydrogen) atoms. The first-order valence-electron chi connectivity index (χ1n) is 7.77. The lowest BCUT2D eigenvalue weighted by Crippen LogP contribution is -2.44. The highest BCUT2D eigenvalue weighted by Crippen LogP contribution is 2.39. The molecule has 130 valence electrons. The monoisotopic (exact) mass is 335 g/mol. The minimum Gasteiger partial charge on any atom is -0.496 e. The molecule has 0 aromatic heterocycles. The van der Waals surface area contributed by atoms with Crippen molar-refractivity contribution in [2.45, 2.75) is 12.6 Å². The number of carbonyl (C=O) groups excluding carboxylic acids is 2. The first-order valence-corrected chi connectivity index (χ1v) is 7.77. The summed E-state index contributed by atoms with van der Waals surface area (Å²) in [6.07, 6.45) is -0.793. The number of nitrogens with zero attached hydrogens (tertiary/aromatic N) is 2. The van der Waals surface area contributed by atoms with Crippen LogP contribution in [0, 0.1) is 0 Å². The van der Waals surface area contributed by atoms with Crippen molar-refractivity contribution in [1.29, 1.82) is 0 Å². The highest BCUT2D eigenvalue weighted by molar-refractivity contribution is 5.96. The second-order valence-corrected chi connectivity index (χ2v) is 5.83. The number of hydrogen-bond acceptors (Lipinski definition) is 6. The number of benzene rings is 1. The summed E-state index contributed by atoms with van der Waals surface area (Å²) in [5, 5.41) is 13.1. The Kier molecular flexibility index (Phi) is 4.59. The average molecular weight is 335 g/mol. The number of hydrogen-bond donors (Lipinski definition) is 2. The molecular weight excluding hydrogens is 314 g/mol. The summed E-state index contributed by atoms with van der Waals surface area (Å²) in [6, 6.07) is 3.18. The smallest absolute Gasteiger partial charge is 0.324 e. The first kappa shape index (κ1) is 16.5. The minimum absolute atomic E-state index is 0.0598. The van der Waals surface area contributed by atoms with Crippen LogP contribution in [0.15, 0.2) is 12.1 Å². The van der Waals surface area contributed by atoms with Crippen LogP contribution in [0.4, 0.5) is 4.79 Å². The van der Waals surface area contributed by atoms with Crippen molar-refractivity contribution < 1.29 is 24.2 Å². The SMILES string of the molecule is COc1ccc(OC)c2c1CN(CC(=O)N1CCNC1=O)C[C@H]2O. The van der Waals surface area contributed by atoms with Crippen LogP contribution in [-0.2, 0) is 11.3 Å². The highest BCUT2D eigenvalue weighted by atomic mass is 16.5. The molecule has 2 heterocycles. The number of aliphatic hydroxyl groups excluding tert-OH is 1. The van der Waals surface area contributed by atoms with E-state index in [0.29, 0.717) is 36.7 Å². The fourth-order valence-electron chi connectivity index (χ4n) is 3.25. The molecule has 2 aliphatic heterocycles. The van der Waals surface area contributed by atoms with Crippen LogP contribution in [-0.4, -0.2) is 67.2 Å². The van der Waals surface area contributed by atoms with Gasteiger partial charge in [-0.05, 0) is 12.1 Å². The van der Waals surface area contributed by atoms with Crippen LogP contribution >= 0.6 is 0 Å². The molecule has 2 N–H and O–H groups in total. The topological polar surface area (TPSA) is 91.3 Å². The highest BCUT2D eigenvalue weighted by Gasteiger charge is 2.33. The van der Waals surface area contributed by atoms with E-state index >= 15 is 0 Å². The molecule has 0 unspecified atom stereocenters. The first-order chi connectivity index (χ1) is 11.5. The van der Waals surface area contributed by atoms with Crippen LogP contribution in [0.2, 0.25) is 0 Å². The number of imide groups is 1. The van der Waals surface area contributed by atoms with Gasteiger partial charge in [0.1, 0.15) is 11.5 Å². The number of amides is 3. The van der Waals surface area contributed by atoms with Crippen molar-refractivity contribution in [2.75, 3.05) is 40.4 Å². The summed E-state index contributed by atoms with van der Waals surface area (Å²) in [5.74, 6) is 0.964. The van der Waals surface area contributed by atoms with Crippen LogP contribution in [0.1, 0.15) is 17.2 Å². The number of fused-ring (bicyclic) bond motifs is 1. The zero-order valence-electron chi connectivity index (χ0n) is 13.7. The van der Waals surface area contributed by atoms with E-state index in [0.717, 1.165) is 5.56 Å². The van der Waals surface area contributed by atoms with E-state index in [2.05, 4.69) is 5.32 Å². The fourth-order valence-corrected chi connectivity index (χ4v) is 3.25. The van der Waals surface area contributed by atoms with Gasteiger partial charge in [-0.25, -0.2) is 4.79 Å². The second-order valence-electron chi connectivity index (χ2n) is 5.83. The van der Waals surface area contributed by atoms with E-state index < -0.39 is 6.10 Å². The summed E-state index contributed by atoms with van der Waals surface area (Å²) < 4.78 is 10.7. The number of nitrogens with one attached hydrogen (secondary N) is 1. The summed E-state index contributed by atoms with van der Waals surface area (Å²) in [5.41, 5.74) is 1.49. The number of rotatable bonds is 4.